The van der Waals surface area contributed by atoms with Crippen molar-refractivity contribution in [1.29, 1.82) is 0 Å². The molecule has 1 aromatic rings. The molecule has 0 saturated carbocycles. The fourth-order valence-corrected chi connectivity index (χ4v) is 2.82. The smallest absolute Gasteiger partial charge is 0.251 e. The maximum atomic E-state index is 12.4. The lowest BCUT2D eigenvalue weighted by atomic mass is 10.1. The highest BCUT2D eigenvalue weighted by Gasteiger charge is 2.32. The molecule has 1 saturated heterocycles. The van der Waals surface area contributed by atoms with E-state index in [2.05, 4.69) is 13.8 Å². The molecule has 2 rings (SSSR count). The molecule has 0 spiro atoms. The van der Waals surface area contributed by atoms with Crippen molar-refractivity contribution >= 4 is 11.6 Å². The summed E-state index contributed by atoms with van der Waals surface area (Å²) in [6, 6.07) is 3.51. The molecular weight excluding hydrogens is 242 g/mol. The Morgan fingerprint density at radius 1 is 1.42 bits per heavy atom. The van der Waals surface area contributed by atoms with E-state index in [4.69, 9.17) is 5.73 Å². The number of nitrogen functional groups attached to an aromatic ring is 1. The average Bonchev–Trinajstić information content (AvgIpc) is 2.75. The third kappa shape index (κ3) is 2.80. The van der Waals surface area contributed by atoms with Crippen molar-refractivity contribution in [2.75, 3.05) is 5.73 Å². The summed E-state index contributed by atoms with van der Waals surface area (Å²) in [6.45, 7) is 4.23. The van der Waals surface area contributed by atoms with E-state index in [1.807, 2.05) is 4.90 Å². The molecule has 5 nitrogen and oxygen atoms in total. The van der Waals surface area contributed by atoms with Crippen molar-refractivity contribution in [3.05, 3.63) is 28.7 Å². The molecule has 19 heavy (non-hydrogen) atoms. The summed E-state index contributed by atoms with van der Waals surface area (Å²) in [5, 5.41) is 0. The molecule has 2 unspecified atom stereocenters. The Hall–Kier alpha value is -1.78. The third-order valence-corrected chi connectivity index (χ3v) is 3.86. The van der Waals surface area contributed by atoms with Crippen LogP contribution < -0.4 is 11.3 Å². The van der Waals surface area contributed by atoms with Gasteiger partial charge < -0.3 is 15.2 Å². The van der Waals surface area contributed by atoms with Crippen LogP contribution in [0.1, 0.15) is 33.1 Å². The summed E-state index contributed by atoms with van der Waals surface area (Å²) in [7, 11) is 0. The minimum absolute atomic E-state index is 0.00421. The highest BCUT2D eigenvalue weighted by Crippen LogP contribution is 2.26. The quantitative estimate of drug-likeness (QED) is 0.891. The van der Waals surface area contributed by atoms with Gasteiger partial charge in [0.15, 0.2) is 0 Å². The summed E-state index contributed by atoms with van der Waals surface area (Å²) in [5.74, 6) is 0.00421. The van der Waals surface area contributed by atoms with E-state index in [0.29, 0.717) is 11.7 Å². The van der Waals surface area contributed by atoms with E-state index < -0.39 is 0 Å². The molecule has 2 N–H and O–H groups in total. The number of likely N-dealkylation sites (tertiary alicyclic amines) is 1. The Labute approximate surface area is 113 Å². The zero-order chi connectivity index (χ0) is 14.0. The number of nitrogens with zero attached hydrogens (tertiary/aromatic N) is 2. The van der Waals surface area contributed by atoms with Crippen molar-refractivity contribution in [2.24, 2.45) is 0 Å². The second-order valence-electron chi connectivity index (χ2n) is 5.22. The van der Waals surface area contributed by atoms with Crippen LogP contribution in [0.15, 0.2) is 23.1 Å². The maximum absolute atomic E-state index is 12.4. The molecule has 1 aromatic heterocycles. The van der Waals surface area contributed by atoms with Gasteiger partial charge in [0.2, 0.25) is 5.91 Å². The summed E-state index contributed by atoms with van der Waals surface area (Å²) in [5.41, 5.74) is 5.95. The molecule has 0 aliphatic carbocycles. The Kier molecular flexibility index (Phi) is 3.93. The van der Waals surface area contributed by atoms with Crippen molar-refractivity contribution in [3.8, 4) is 0 Å². The zero-order valence-corrected chi connectivity index (χ0v) is 11.5. The van der Waals surface area contributed by atoms with Crippen LogP contribution in [-0.4, -0.2) is 27.5 Å². The van der Waals surface area contributed by atoms with E-state index in [1.54, 1.807) is 6.07 Å². The topological polar surface area (TPSA) is 68.3 Å². The van der Waals surface area contributed by atoms with Gasteiger partial charge in [-0.3, -0.25) is 9.59 Å². The lowest BCUT2D eigenvalue weighted by Crippen LogP contribution is -2.42. The third-order valence-electron chi connectivity index (χ3n) is 3.86. The Morgan fingerprint density at radius 2 is 2.16 bits per heavy atom. The van der Waals surface area contributed by atoms with Crippen molar-refractivity contribution in [3.63, 3.8) is 0 Å². The van der Waals surface area contributed by atoms with Crippen LogP contribution in [0.5, 0.6) is 0 Å². The van der Waals surface area contributed by atoms with Gasteiger partial charge in [-0.15, -0.1) is 0 Å². The number of aromatic nitrogens is 1. The van der Waals surface area contributed by atoms with Crippen LogP contribution in [0.4, 0.5) is 5.69 Å². The van der Waals surface area contributed by atoms with Crippen LogP contribution in [0.25, 0.3) is 0 Å². The van der Waals surface area contributed by atoms with Crippen molar-refractivity contribution in [1.82, 2.24) is 9.47 Å². The van der Waals surface area contributed by atoms with Crippen molar-refractivity contribution in [2.45, 2.75) is 51.7 Å². The van der Waals surface area contributed by atoms with E-state index >= 15 is 0 Å². The summed E-state index contributed by atoms with van der Waals surface area (Å²) in [4.78, 5) is 26.0. The summed E-state index contributed by atoms with van der Waals surface area (Å²) in [6.07, 6.45) is 4.58. The Morgan fingerprint density at radius 3 is 2.84 bits per heavy atom. The van der Waals surface area contributed by atoms with Gasteiger partial charge in [0.1, 0.15) is 6.54 Å². The molecule has 0 radical (unpaired) electrons. The van der Waals surface area contributed by atoms with E-state index in [-0.39, 0.29) is 24.1 Å². The Bertz CT molecular complexity index is 524. The number of carbonyl (C=O) groups excluding carboxylic acids is 1. The first-order valence-corrected chi connectivity index (χ1v) is 6.80. The minimum atomic E-state index is -0.192. The molecule has 0 bridgehead atoms. The fraction of sp³-hybridized carbons (Fsp3) is 0.571. The number of anilines is 1. The lowest BCUT2D eigenvalue weighted by Gasteiger charge is -2.28. The highest BCUT2D eigenvalue weighted by atomic mass is 16.2. The Balaban J connectivity index is 2.16. The van der Waals surface area contributed by atoms with Crippen LogP contribution in [0.3, 0.4) is 0 Å². The number of hydrogen-bond donors (Lipinski definition) is 1. The predicted octanol–water partition coefficient (Wildman–Crippen LogP) is 1.22. The number of pyridine rings is 1. The summed E-state index contributed by atoms with van der Waals surface area (Å²) >= 11 is 0. The molecule has 1 aliphatic rings. The number of hydrogen-bond acceptors (Lipinski definition) is 3. The van der Waals surface area contributed by atoms with Crippen LogP contribution in [0.2, 0.25) is 0 Å². The van der Waals surface area contributed by atoms with Gasteiger partial charge in [0.05, 0.1) is 0 Å². The average molecular weight is 263 g/mol. The van der Waals surface area contributed by atoms with Gasteiger partial charge in [-0.1, -0.05) is 6.92 Å². The van der Waals surface area contributed by atoms with E-state index in [1.165, 1.54) is 16.8 Å². The molecule has 2 heterocycles. The molecule has 2 atom stereocenters. The van der Waals surface area contributed by atoms with Gasteiger partial charge >= 0.3 is 0 Å². The van der Waals surface area contributed by atoms with E-state index in [9.17, 15) is 9.59 Å². The molecule has 0 aromatic carbocycles. The SMILES string of the molecule is CCC1CCC(C)N1C(=O)Cn1cc(N)ccc1=O. The van der Waals surface area contributed by atoms with Gasteiger partial charge in [-0.05, 0) is 32.3 Å². The second kappa shape index (κ2) is 5.47. The standard InChI is InChI=1S/C14H21N3O2/c1-3-12-6-4-10(2)17(12)14(19)9-16-8-11(15)5-7-13(16)18/h5,7-8,10,12H,3-4,6,9,15H2,1-2H3. The van der Waals surface area contributed by atoms with Crippen LogP contribution >= 0.6 is 0 Å². The normalized spacial score (nSPS) is 22.7. The first-order chi connectivity index (χ1) is 9.02. The van der Waals surface area contributed by atoms with Gasteiger partial charge in [-0.25, -0.2) is 0 Å². The lowest BCUT2D eigenvalue weighted by molar-refractivity contribution is -0.134. The number of carbonyl (C=O) groups is 1. The number of nitrogens with two attached hydrogens (primary N) is 1. The fourth-order valence-electron chi connectivity index (χ4n) is 2.82. The molecule has 104 valence electrons. The maximum Gasteiger partial charge on any atom is 0.251 e. The highest BCUT2D eigenvalue weighted by molar-refractivity contribution is 5.77. The van der Waals surface area contributed by atoms with Gasteiger partial charge in [0, 0.05) is 30.0 Å². The number of amides is 1. The first-order valence-electron chi connectivity index (χ1n) is 6.80. The summed E-state index contributed by atoms with van der Waals surface area (Å²) < 4.78 is 1.38. The zero-order valence-electron chi connectivity index (χ0n) is 11.5. The minimum Gasteiger partial charge on any atom is -0.398 e. The number of rotatable bonds is 3. The van der Waals surface area contributed by atoms with E-state index in [0.717, 1.165) is 19.3 Å². The molecule has 1 amide bonds. The first kappa shape index (κ1) is 13.6. The largest absolute Gasteiger partial charge is 0.398 e. The molecule has 5 heteroatoms. The van der Waals surface area contributed by atoms with Gasteiger partial charge in [-0.2, -0.15) is 0 Å². The van der Waals surface area contributed by atoms with Gasteiger partial charge in [0.25, 0.3) is 5.56 Å². The monoisotopic (exact) mass is 263 g/mol. The van der Waals surface area contributed by atoms with Crippen LogP contribution in [-0.2, 0) is 11.3 Å². The predicted molar refractivity (Wildman–Crippen MR) is 74.7 cm³/mol. The molecular formula is C14H21N3O2. The van der Waals surface area contributed by atoms with Crippen molar-refractivity contribution < 1.29 is 4.79 Å². The molecule has 1 aliphatic heterocycles. The van der Waals surface area contributed by atoms with Crippen LogP contribution in [0, 0.1) is 0 Å². The molecule has 1 fully saturated rings. The second-order valence-corrected chi connectivity index (χ2v) is 5.22.